The lowest BCUT2D eigenvalue weighted by molar-refractivity contribution is -0.139. The summed E-state index contributed by atoms with van der Waals surface area (Å²) in [5.41, 5.74) is 0.0994. The van der Waals surface area contributed by atoms with E-state index in [1.54, 1.807) is 24.3 Å². The van der Waals surface area contributed by atoms with Crippen LogP contribution in [0.2, 0.25) is 0 Å². The average Bonchev–Trinajstić information content (AvgIpc) is 3.29. The molecule has 0 atom stereocenters. The number of nitrogens with zero attached hydrogens (tertiary/aromatic N) is 3. The third-order valence-corrected chi connectivity index (χ3v) is 5.03. The monoisotopic (exact) mass is 445 g/mol. The van der Waals surface area contributed by atoms with Crippen molar-refractivity contribution in [2.75, 3.05) is 28.6 Å². The van der Waals surface area contributed by atoms with Gasteiger partial charge in [0.25, 0.3) is 0 Å². The SMILES string of the molecule is O=C(Nc1cccc(-c2ccc(N3CCCC3)nn2)c1)Nc1ccc(F)c(C(F)(F)F)c1. The summed E-state index contributed by atoms with van der Waals surface area (Å²) in [6, 6.07) is 12.0. The molecule has 2 N–H and O–H groups in total. The van der Waals surface area contributed by atoms with Crippen LogP contribution in [-0.2, 0) is 6.18 Å². The molecule has 3 aromatic rings. The number of aromatic nitrogens is 2. The number of alkyl halides is 3. The van der Waals surface area contributed by atoms with Gasteiger partial charge in [-0.3, -0.25) is 0 Å². The summed E-state index contributed by atoms with van der Waals surface area (Å²) >= 11 is 0. The normalized spacial score (nSPS) is 13.8. The molecule has 1 fully saturated rings. The Labute approximate surface area is 181 Å². The number of amides is 2. The van der Waals surface area contributed by atoms with Gasteiger partial charge in [0, 0.05) is 30.0 Å². The average molecular weight is 445 g/mol. The Balaban J connectivity index is 1.44. The van der Waals surface area contributed by atoms with Gasteiger partial charge < -0.3 is 15.5 Å². The Morgan fingerprint density at radius 2 is 1.62 bits per heavy atom. The number of halogens is 4. The van der Waals surface area contributed by atoms with Gasteiger partial charge in [0.05, 0.1) is 11.3 Å². The Morgan fingerprint density at radius 3 is 2.28 bits per heavy atom. The van der Waals surface area contributed by atoms with Crippen molar-refractivity contribution in [2.24, 2.45) is 0 Å². The summed E-state index contributed by atoms with van der Waals surface area (Å²) in [5.74, 6) is -0.592. The third-order valence-electron chi connectivity index (χ3n) is 5.03. The van der Waals surface area contributed by atoms with Gasteiger partial charge in [0.15, 0.2) is 5.82 Å². The summed E-state index contributed by atoms with van der Waals surface area (Å²) < 4.78 is 52.0. The molecule has 32 heavy (non-hydrogen) atoms. The lowest BCUT2D eigenvalue weighted by atomic mass is 10.1. The first-order chi connectivity index (χ1) is 15.3. The van der Waals surface area contributed by atoms with Crippen LogP contribution >= 0.6 is 0 Å². The molecule has 1 saturated heterocycles. The van der Waals surface area contributed by atoms with E-state index in [9.17, 15) is 22.4 Å². The van der Waals surface area contributed by atoms with E-state index in [-0.39, 0.29) is 5.69 Å². The zero-order chi connectivity index (χ0) is 22.7. The first kappa shape index (κ1) is 21.5. The van der Waals surface area contributed by atoms with Crippen LogP contribution in [0.1, 0.15) is 18.4 Å². The van der Waals surface area contributed by atoms with Crippen LogP contribution in [0.4, 0.5) is 39.5 Å². The molecule has 1 aliphatic rings. The zero-order valence-electron chi connectivity index (χ0n) is 16.8. The smallest absolute Gasteiger partial charge is 0.355 e. The summed E-state index contributed by atoms with van der Waals surface area (Å²) in [5, 5.41) is 13.4. The Hall–Kier alpha value is -3.69. The van der Waals surface area contributed by atoms with E-state index < -0.39 is 23.6 Å². The standard InChI is InChI=1S/C22H19F4N5O/c23-18-7-6-16(13-17(18)22(24,25)26)28-21(32)27-15-5-3-4-14(12-15)19-8-9-20(30-29-19)31-10-1-2-11-31/h3-9,12-13H,1-2,10-11H2,(H2,27,28,32). The van der Waals surface area contributed by atoms with E-state index in [4.69, 9.17) is 0 Å². The van der Waals surface area contributed by atoms with Crippen molar-refractivity contribution in [1.29, 1.82) is 0 Å². The fraction of sp³-hybridized carbons (Fsp3) is 0.227. The molecule has 2 heterocycles. The number of carbonyl (C=O) groups is 1. The Kier molecular flexibility index (Phi) is 5.93. The predicted molar refractivity (Wildman–Crippen MR) is 113 cm³/mol. The lowest BCUT2D eigenvalue weighted by Gasteiger charge is -2.15. The highest BCUT2D eigenvalue weighted by Crippen LogP contribution is 2.33. The molecule has 6 nitrogen and oxygen atoms in total. The van der Waals surface area contributed by atoms with E-state index in [1.165, 1.54) is 0 Å². The molecule has 0 radical (unpaired) electrons. The van der Waals surface area contributed by atoms with Crippen molar-refractivity contribution in [3.63, 3.8) is 0 Å². The van der Waals surface area contributed by atoms with E-state index in [0.717, 1.165) is 37.8 Å². The highest BCUT2D eigenvalue weighted by Gasteiger charge is 2.34. The van der Waals surface area contributed by atoms with Gasteiger partial charge >= 0.3 is 12.2 Å². The highest BCUT2D eigenvalue weighted by molar-refractivity contribution is 6.00. The van der Waals surface area contributed by atoms with Gasteiger partial charge in [0.2, 0.25) is 0 Å². The second-order valence-electron chi connectivity index (χ2n) is 7.32. The molecular formula is C22H19F4N5O. The van der Waals surface area contributed by atoms with Crippen LogP contribution in [0.25, 0.3) is 11.3 Å². The second-order valence-corrected chi connectivity index (χ2v) is 7.32. The molecule has 2 amide bonds. The molecule has 0 saturated carbocycles. The largest absolute Gasteiger partial charge is 0.419 e. The molecule has 10 heteroatoms. The molecule has 0 bridgehead atoms. The number of rotatable bonds is 4. The topological polar surface area (TPSA) is 70.2 Å². The zero-order valence-corrected chi connectivity index (χ0v) is 16.8. The minimum Gasteiger partial charge on any atom is -0.355 e. The van der Waals surface area contributed by atoms with Crippen LogP contribution < -0.4 is 15.5 Å². The summed E-state index contributed by atoms with van der Waals surface area (Å²) in [6.45, 7) is 1.92. The number of benzene rings is 2. The number of anilines is 3. The molecular weight excluding hydrogens is 426 g/mol. The quantitative estimate of drug-likeness (QED) is 0.517. The summed E-state index contributed by atoms with van der Waals surface area (Å²) in [4.78, 5) is 14.4. The van der Waals surface area contributed by atoms with Gasteiger partial charge in [-0.25, -0.2) is 9.18 Å². The molecule has 1 aromatic heterocycles. The molecule has 166 valence electrons. The van der Waals surface area contributed by atoms with Gasteiger partial charge in [-0.05, 0) is 55.3 Å². The number of carbonyl (C=O) groups excluding carboxylic acids is 1. The molecule has 4 rings (SSSR count). The minimum atomic E-state index is -4.86. The highest BCUT2D eigenvalue weighted by atomic mass is 19.4. The van der Waals surface area contributed by atoms with Crippen molar-refractivity contribution in [2.45, 2.75) is 19.0 Å². The maximum atomic E-state index is 13.4. The van der Waals surface area contributed by atoms with Gasteiger partial charge in [-0.2, -0.15) is 13.2 Å². The van der Waals surface area contributed by atoms with E-state index in [2.05, 4.69) is 25.7 Å². The van der Waals surface area contributed by atoms with Crippen molar-refractivity contribution in [3.05, 3.63) is 66.0 Å². The van der Waals surface area contributed by atoms with Crippen LogP contribution in [0.5, 0.6) is 0 Å². The first-order valence-electron chi connectivity index (χ1n) is 9.93. The van der Waals surface area contributed by atoms with Crippen molar-refractivity contribution in [3.8, 4) is 11.3 Å². The molecule has 0 aliphatic carbocycles. The van der Waals surface area contributed by atoms with Crippen LogP contribution in [-0.4, -0.2) is 29.3 Å². The Morgan fingerprint density at radius 1 is 0.906 bits per heavy atom. The molecule has 0 spiro atoms. The number of urea groups is 1. The van der Waals surface area contributed by atoms with Gasteiger partial charge in [0.1, 0.15) is 5.82 Å². The van der Waals surface area contributed by atoms with Crippen LogP contribution in [0.15, 0.2) is 54.6 Å². The van der Waals surface area contributed by atoms with Crippen molar-refractivity contribution >= 4 is 23.2 Å². The fourth-order valence-electron chi connectivity index (χ4n) is 3.46. The van der Waals surface area contributed by atoms with Crippen molar-refractivity contribution < 1.29 is 22.4 Å². The summed E-state index contributed by atoms with van der Waals surface area (Å²) in [7, 11) is 0. The minimum absolute atomic E-state index is 0.184. The van der Waals surface area contributed by atoms with Crippen LogP contribution in [0.3, 0.4) is 0 Å². The maximum Gasteiger partial charge on any atom is 0.419 e. The van der Waals surface area contributed by atoms with E-state index in [0.29, 0.717) is 29.1 Å². The molecule has 2 aromatic carbocycles. The number of nitrogens with one attached hydrogen (secondary N) is 2. The third kappa shape index (κ3) is 4.96. The summed E-state index contributed by atoms with van der Waals surface area (Å²) in [6.07, 6.45) is -2.60. The lowest BCUT2D eigenvalue weighted by Crippen LogP contribution is -2.20. The van der Waals surface area contributed by atoms with Crippen molar-refractivity contribution in [1.82, 2.24) is 10.2 Å². The second kappa shape index (κ2) is 8.81. The van der Waals surface area contributed by atoms with Gasteiger partial charge in [-0.1, -0.05) is 12.1 Å². The predicted octanol–water partition coefficient (Wildman–Crippen LogP) is 5.55. The first-order valence-corrected chi connectivity index (χ1v) is 9.93. The molecule has 1 aliphatic heterocycles. The number of hydrogen-bond acceptors (Lipinski definition) is 4. The maximum absolute atomic E-state index is 13.4. The van der Waals surface area contributed by atoms with E-state index >= 15 is 0 Å². The molecule has 0 unspecified atom stereocenters. The Bertz CT molecular complexity index is 1110. The van der Waals surface area contributed by atoms with Crippen LogP contribution in [0, 0.1) is 5.82 Å². The van der Waals surface area contributed by atoms with E-state index in [1.807, 2.05) is 12.1 Å². The fourth-order valence-corrected chi connectivity index (χ4v) is 3.46. The van der Waals surface area contributed by atoms with Gasteiger partial charge in [-0.15, -0.1) is 10.2 Å². The number of hydrogen-bond donors (Lipinski definition) is 2.